The normalized spacial score (nSPS) is 15.3. The maximum absolute atomic E-state index is 12.5. The van der Waals surface area contributed by atoms with Crippen LogP contribution in [0.4, 0.5) is 5.69 Å². The fourth-order valence-electron chi connectivity index (χ4n) is 2.56. The number of nitrogens with zero attached hydrogens (tertiary/aromatic N) is 3. The molecule has 2 aromatic rings. The number of carbonyl (C=O) groups excluding carboxylic acids is 2. The van der Waals surface area contributed by atoms with Crippen LogP contribution in [-0.2, 0) is 16.0 Å². The Kier molecular flexibility index (Phi) is 4.70. The van der Waals surface area contributed by atoms with Gasteiger partial charge in [0.25, 0.3) is 17.5 Å². The average molecular weight is 349 g/mol. The molecule has 0 aromatic heterocycles. The van der Waals surface area contributed by atoms with E-state index in [9.17, 15) is 19.7 Å². The summed E-state index contributed by atoms with van der Waals surface area (Å²) < 4.78 is 0. The molecule has 1 heterocycles. The van der Waals surface area contributed by atoms with Crippen LogP contribution in [0.25, 0.3) is 6.08 Å². The Bertz CT molecular complexity index is 931. The number of imide groups is 1. The summed E-state index contributed by atoms with van der Waals surface area (Å²) in [6, 6.07) is 14.9. The van der Waals surface area contributed by atoms with Crippen LogP contribution in [0, 0.1) is 10.1 Å². The highest BCUT2D eigenvalue weighted by molar-refractivity contribution is 6.29. The van der Waals surface area contributed by atoms with Crippen LogP contribution in [-0.4, -0.2) is 27.5 Å². The van der Waals surface area contributed by atoms with Crippen LogP contribution in [0.3, 0.4) is 0 Å². The Morgan fingerprint density at radius 1 is 1.15 bits per heavy atom. The second kappa shape index (κ2) is 7.10. The number of hydrazone groups is 1. The van der Waals surface area contributed by atoms with E-state index in [-0.39, 0.29) is 12.1 Å². The fourth-order valence-corrected chi connectivity index (χ4v) is 2.56. The SMILES string of the molecule is CC1=NN(C(=O)Cc2ccccc2)C(=O)/C1=C/c1ccc([N+](=O)[O-])cc1. The van der Waals surface area contributed by atoms with E-state index in [0.717, 1.165) is 10.6 Å². The van der Waals surface area contributed by atoms with Crippen molar-refractivity contribution < 1.29 is 14.5 Å². The van der Waals surface area contributed by atoms with Gasteiger partial charge in [-0.05, 0) is 36.3 Å². The van der Waals surface area contributed by atoms with Crippen LogP contribution in [0.1, 0.15) is 18.1 Å². The summed E-state index contributed by atoms with van der Waals surface area (Å²) in [5.74, 6) is -0.908. The maximum atomic E-state index is 12.5. The van der Waals surface area contributed by atoms with E-state index < -0.39 is 16.7 Å². The lowest BCUT2D eigenvalue weighted by atomic mass is 10.1. The van der Waals surface area contributed by atoms with E-state index in [1.807, 2.05) is 30.3 Å². The predicted molar refractivity (Wildman–Crippen MR) is 96.2 cm³/mol. The average Bonchev–Trinajstić information content (AvgIpc) is 2.91. The molecule has 0 aliphatic carbocycles. The molecule has 0 spiro atoms. The number of nitro benzene ring substituents is 1. The molecule has 0 N–H and O–H groups in total. The largest absolute Gasteiger partial charge is 0.283 e. The van der Waals surface area contributed by atoms with E-state index in [1.54, 1.807) is 25.1 Å². The van der Waals surface area contributed by atoms with Crippen LogP contribution < -0.4 is 0 Å². The second-order valence-corrected chi connectivity index (χ2v) is 5.77. The number of hydrogen-bond acceptors (Lipinski definition) is 5. The maximum Gasteiger partial charge on any atom is 0.283 e. The molecule has 2 amide bonds. The third-order valence-corrected chi connectivity index (χ3v) is 3.91. The highest BCUT2D eigenvalue weighted by atomic mass is 16.6. The summed E-state index contributed by atoms with van der Waals surface area (Å²) in [4.78, 5) is 35.1. The topological polar surface area (TPSA) is 92.9 Å². The summed E-state index contributed by atoms with van der Waals surface area (Å²) in [7, 11) is 0. The van der Waals surface area contributed by atoms with Gasteiger partial charge in [0, 0.05) is 12.1 Å². The minimum absolute atomic E-state index is 0.0325. The van der Waals surface area contributed by atoms with Crippen molar-refractivity contribution in [2.75, 3.05) is 0 Å². The lowest BCUT2D eigenvalue weighted by molar-refractivity contribution is -0.384. The van der Waals surface area contributed by atoms with Crippen LogP contribution in [0.15, 0.2) is 65.3 Å². The van der Waals surface area contributed by atoms with Crippen molar-refractivity contribution in [3.8, 4) is 0 Å². The molecule has 0 radical (unpaired) electrons. The Labute approximate surface area is 149 Å². The van der Waals surface area contributed by atoms with Crippen molar-refractivity contribution in [3.63, 3.8) is 0 Å². The summed E-state index contributed by atoms with van der Waals surface area (Å²) in [6.07, 6.45) is 1.65. The Hall–Kier alpha value is -3.61. The summed E-state index contributed by atoms with van der Waals surface area (Å²) in [5.41, 5.74) is 2.10. The number of hydrogen-bond donors (Lipinski definition) is 0. The van der Waals surface area contributed by atoms with E-state index >= 15 is 0 Å². The first-order valence-electron chi connectivity index (χ1n) is 7.88. The Morgan fingerprint density at radius 3 is 2.42 bits per heavy atom. The van der Waals surface area contributed by atoms with Gasteiger partial charge >= 0.3 is 0 Å². The van der Waals surface area contributed by atoms with E-state index in [4.69, 9.17) is 0 Å². The zero-order chi connectivity index (χ0) is 18.7. The molecule has 0 atom stereocenters. The van der Waals surface area contributed by atoms with Crippen LogP contribution >= 0.6 is 0 Å². The van der Waals surface area contributed by atoms with Crippen LogP contribution in [0.5, 0.6) is 0 Å². The van der Waals surface area contributed by atoms with Crippen molar-refractivity contribution in [2.45, 2.75) is 13.3 Å². The van der Waals surface area contributed by atoms with Gasteiger partial charge in [0.2, 0.25) is 0 Å². The summed E-state index contributed by atoms with van der Waals surface area (Å²) >= 11 is 0. The molecule has 0 bridgehead atoms. The first-order chi connectivity index (χ1) is 12.5. The number of rotatable bonds is 4. The van der Waals surface area contributed by atoms with Gasteiger partial charge < -0.3 is 0 Å². The Balaban J connectivity index is 1.79. The number of benzene rings is 2. The summed E-state index contributed by atoms with van der Waals surface area (Å²) in [5, 5.41) is 15.6. The van der Waals surface area contributed by atoms with Crippen molar-refractivity contribution in [1.29, 1.82) is 0 Å². The Morgan fingerprint density at radius 2 is 1.81 bits per heavy atom. The lowest BCUT2D eigenvalue weighted by Crippen LogP contribution is -2.30. The first kappa shape index (κ1) is 17.2. The third-order valence-electron chi connectivity index (χ3n) is 3.91. The minimum Gasteiger partial charge on any atom is -0.272 e. The van der Waals surface area contributed by atoms with Crippen molar-refractivity contribution in [1.82, 2.24) is 5.01 Å². The lowest BCUT2D eigenvalue weighted by Gasteiger charge is -2.09. The van der Waals surface area contributed by atoms with E-state index in [0.29, 0.717) is 16.8 Å². The van der Waals surface area contributed by atoms with Gasteiger partial charge in [0.05, 0.1) is 22.6 Å². The van der Waals surface area contributed by atoms with Gasteiger partial charge in [-0.1, -0.05) is 30.3 Å². The van der Waals surface area contributed by atoms with Crippen molar-refractivity contribution >= 4 is 29.3 Å². The zero-order valence-corrected chi connectivity index (χ0v) is 14.0. The molecule has 7 heteroatoms. The standard InChI is InChI=1S/C19H15N3O4/c1-13-17(11-15-7-9-16(10-8-15)22(25)26)19(24)21(20-13)18(23)12-14-5-3-2-4-6-14/h2-11H,12H2,1H3/b17-11+. The smallest absolute Gasteiger partial charge is 0.272 e. The second-order valence-electron chi connectivity index (χ2n) is 5.77. The number of carbonyl (C=O) groups is 2. The number of amides is 2. The molecule has 0 unspecified atom stereocenters. The molecule has 1 aliphatic heterocycles. The third kappa shape index (κ3) is 3.56. The molecule has 3 rings (SSSR count). The monoisotopic (exact) mass is 349 g/mol. The highest BCUT2D eigenvalue weighted by Crippen LogP contribution is 2.21. The molecular formula is C19H15N3O4. The van der Waals surface area contributed by atoms with Gasteiger partial charge in [-0.25, -0.2) is 0 Å². The molecule has 0 saturated heterocycles. The highest BCUT2D eigenvalue weighted by Gasteiger charge is 2.32. The van der Waals surface area contributed by atoms with Crippen LogP contribution in [0.2, 0.25) is 0 Å². The predicted octanol–water partition coefficient (Wildman–Crippen LogP) is 2.97. The molecule has 0 fully saturated rings. The summed E-state index contributed by atoms with van der Waals surface area (Å²) in [6.45, 7) is 1.64. The molecule has 1 aliphatic rings. The van der Waals surface area contributed by atoms with Gasteiger partial charge in [-0.3, -0.25) is 19.7 Å². The number of non-ortho nitro benzene ring substituents is 1. The zero-order valence-electron chi connectivity index (χ0n) is 14.0. The minimum atomic E-state index is -0.498. The fraction of sp³-hybridized carbons (Fsp3) is 0.105. The molecular weight excluding hydrogens is 334 g/mol. The van der Waals surface area contributed by atoms with E-state index in [2.05, 4.69) is 5.10 Å². The van der Waals surface area contributed by atoms with E-state index in [1.165, 1.54) is 12.1 Å². The quantitative estimate of drug-likeness (QED) is 0.482. The molecule has 2 aromatic carbocycles. The van der Waals surface area contributed by atoms with Gasteiger partial charge in [-0.15, -0.1) is 0 Å². The first-order valence-corrected chi connectivity index (χ1v) is 7.88. The molecule has 26 heavy (non-hydrogen) atoms. The van der Waals surface area contributed by atoms with Crippen molar-refractivity contribution in [2.24, 2.45) is 5.10 Å². The van der Waals surface area contributed by atoms with Gasteiger partial charge in [0.1, 0.15) is 0 Å². The van der Waals surface area contributed by atoms with Crippen molar-refractivity contribution in [3.05, 3.63) is 81.4 Å². The van der Waals surface area contributed by atoms with Gasteiger partial charge in [-0.2, -0.15) is 10.1 Å². The molecule has 7 nitrogen and oxygen atoms in total. The number of nitro groups is 1. The molecule has 0 saturated carbocycles. The van der Waals surface area contributed by atoms with Gasteiger partial charge in [0.15, 0.2) is 0 Å². The molecule has 130 valence electrons.